The summed E-state index contributed by atoms with van der Waals surface area (Å²) in [5.41, 5.74) is 0.687. The number of hydrogen-bond acceptors (Lipinski definition) is 5. The number of aromatic nitrogens is 2. The van der Waals surface area contributed by atoms with Crippen molar-refractivity contribution in [2.75, 3.05) is 7.11 Å². The molecular formula is C26H22ClF5N2O5. The fourth-order valence-electron chi connectivity index (χ4n) is 3.76. The predicted octanol–water partition coefficient (Wildman–Crippen LogP) is 5.87. The van der Waals surface area contributed by atoms with Crippen molar-refractivity contribution in [1.29, 1.82) is 0 Å². The smallest absolute Gasteiger partial charge is 0.303 e. The van der Waals surface area contributed by atoms with E-state index in [1.165, 1.54) is 18.2 Å². The Morgan fingerprint density at radius 3 is 2.18 bits per heavy atom. The number of carboxylic acids is 1. The Hall–Kier alpha value is -4.06. The van der Waals surface area contributed by atoms with Crippen LogP contribution in [0.25, 0.3) is 11.0 Å². The molecule has 0 aliphatic rings. The van der Waals surface area contributed by atoms with Gasteiger partial charge in [0.05, 0.1) is 23.7 Å². The molecule has 0 aliphatic heterocycles. The fraction of sp³-hybridized carbons (Fsp3) is 0.231. The number of carboxylic acid groups (broad SMARTS) is 1. The number of fused-ring (bicyclic) bond motifs is 1. The Labute approximate surface area is 225 Å². The van der Waals surface area contributed by atoms with Gasteiger partial charge in [0.15, 0.2) is 23.3 Å². The predicted molar refractivity (Wildman–Crippen MR) is 132 cm³/mol. The van der Waals surface area contributed by atoms with Crippen LogP contribution in [-0.4, -0.2) is 27.7 Å². The molecule has 0 radical (unpaired) electrons. The van der Waals surface area contributed by atoms with Crippen molar-refractivity contribution in [2.45, 2.75) is 26.1 Å². The molecule has 4 aromatic rings. The van der Waals surface area contributed by atoms with Crippen LogP contribution in [0.3, 0.4) is 0 Å². The lowest BCUT2D eigenvalue weighted by molar-refractivity contribution is -0.136. The number of hydrogen-bond donors (Lipinski definition) is 1. The Kier molecular flexibility index (Phi) is 9.23. The second kappa shape index (κ2) is 12.2. The first-order valence-corrected chi connectivity index (χ1v) is 11.2. The van der Waals surface area contributed by atoms with Crippen LogP contribution in [0.15, 0.2) is 36.4 Å². The minimum Gasteiger partial charge on any atom is -0.497 e. The van der Waals surface area contributed by atoms with Gasteiger partial charge in [-0.05, 0) is 30.2 Å². The van der Waals surface area contributed by atoms with E-state index in [-0.39, 0.29) is 43.4 Å². The van der Waals surface area contributed by atoms with Crippen LogP contribution in [0.4, 0.5) is 22.0 Å². The van der Waals surface area contributed by atoms with E-state index in [1.807, 2.05) is 6.07 Å². The van der Waals surface area contributed by atoms with E-state index in [0.717, 1.165) is 5.52 Å². The summed E-state index contributed by atoms with van der Waals surface area (Å²) < 4.78 is 87.0. The number of rotatable bonds is 10. The van der Waals surface area contributed by atoms with E-state index in [9.17, 15) is 26.7 Å². The van der Waals surface area contributed by atoms with E-state index in [0.29, 0.717) is 22.7 Å². The molecule has 4 rings (SSSR count). The van der Waals surface area contributed by atoms with E-state index >= 15 is 0 Å². The topological polar surface area (TPSA) is 82.8 Å². The van der Waals surface area contributed by atoms with Gasteiger partial charge in [0.1, 0.15) is 36.3 Å². The van der Waals surface area contributed by atoms with Gasteiger partial charge in [-0.3, -0.25) is 4.79 Å². The summed E-state index contributed by atoms with van der Waals surface area (Å²) in [7, 11) is 3.34. The number of halogens is 6. The van der Waals surface area contributed by atoms with Crippen molar-refractivity contribution >= 4 is 29.4 Å². The fourth-order valence-corrected chi connectivity index (χ4v) is 3.76. The number of aryl methyl sites for hydroxylation is 2. The average molecular weight is 573 g/mol. The molecule has 0 fully saturated rings. The van der Waals surface area contributed by atoms with Crippen molar-refractivity contribution in [3.8, 4) is 17.2 Å². The monoisotopic (exact) mass is 572 g/mol. The van der Waals surface area contributed by atoms with Crippen molar-refractivity contribution < 1.29 is 46.1 Å². The van der Waals surface area contributed by atoms with E-state index in [2.05, 4.69) is 4.98 Å². The standard InChI is InChI=1S/C26H21F5N2O5.ClH/c1-33-18-9-14(36-2)6-7-17(18)32-20(33)12-37-15-5-3-13(4-8-21(34)35)19(10-15)38-11-16-22(27)24(29)26(31)25(30)23(16)28;/h3,5-7,9-10H,4,8,11-12H2,1-2H3,(H,34,35);1H. The van der Waals surface area contributed by atoms with Crippen LogP contribution in [-0.2, 0) is 31.5 Å². The van der Waals surface area contributed by atoms with E-state index in [1.54, 1.807) is 30.9 Å². The largest absolute Gasteiger partial charge is 0.497 e. The lowest BCUT2D eigenvalue weighted by atomic mass is 10.1. The van der Waals surface area contributed by atoms with Crippen LogP contribution in [0.5, 0.6) is 17.2 Å². The maximum absolute atomic E-state index is 14.1. The lowest BCUT2D eigenvalue weighted by Crippen LogP contribution is -2.11. The molecule has 0 amide bonds. The van der Waals surface area contributed by atoms with Gasteiger partial charge in [-0.15, -0.1) is 12.4 Å². The van der Waals surface area contributed by atoms with Gasteiger partial charge in [0.25, 0.3) is 0 Å². The van der Waals surface area contributed by atoms with Crippen LogP contribution in [0, 0.1) is 29.1 Å². The first kappa shape index (κ1) is 29.5. The van der Waals surface area contributed by atoms with Crippen molar-refractivity contribution in [3.63, 3.8) is 0 Å². The molecule has 0 saturated heterocycles. The number of methoxy groups -OCH3 is 1. The number of carbonyl (C=O) groups is 1. The second-order valence-corrected chi connectivity index (χ2v) is 8.23. The number of ether oxygens (including phenoxy) is 3. The Morgan fingerprint density at radius 2 is 1.54 bits per heavy atom. The quantitative estimate of drug-likeness (QED) is 0.145. The summed E-state index contributed by atoms with van der Waals surface area (Å²) in [5.74, 6) is -10.2. The summed E-state index contributed by atoms with van der Waals surface area (Å²) >= 11 is 0. The van der Waals surface area contributed by atoms with Crippen molar-refractivity contribution in [1.82, 2.24) is 9.55 Å². The molecule has 208 valence electrons. The van der Waals surface area contributed by atoms with Gasteiger partial charge in [0, 0.05) is 25.6 Å². The molecule has 0 saturated carbocycles. The maximum atomic E-state index is 14.1. The molecule has 0 unspecified atom stereocenters. The summed E-state index contributed by atoms with van der Waals surface area (Å²) in [6, 6.07) is 9.74. The van der Waals surface area contributed by atoms with E-state index in [4.69, 9.17) is 19.3 Å². The zero-order chi connectivity index (χ0) is 27.6. The second-order valence-electron chi connectivity index (χ2n) is 8.23. The molecule has 7 nitrogen and oxygen atoms in total. The minimum absolute atomic E-state index is 0. The molecule has 3 aromatic carbocycles. The van der Waals surface area contributed by atoms with Gasteiger partial charge in [0.2, 0.25) is 5.82 Å². The highest BCUT2D eigenvalue weighted by Crippen LogP contribution is 2.30. The molecule has 0 atom stereocenters. The summed E-state index contributed by atoms with van der Waals surface area (Å²) in [5, 5.41) is 9.02. The number of imidazole rings is 1. The SMILES string of the molecule is COc1ccc2nc(COc3ccc(CCC(=O)O)c(OCc4c(F)c(F)c(F)c(F)c4F)c3)n(C)c2c1.Cl. The average Bonchev–Trinajstić information content (AvgIpc) is 3.23. The lowest BCUT2D eigenvalue weighted by Gasteiger charge is -2.15. The van der Waals surface area contributed by atoms with Gasteiger partial charge < -0.3 is 23.9 Å². The normalized spacial score (nSPS) is 10.8. The summed E-state index contributed by atoms with van der Waals surface area (Å²) in [6.07, 6.45) is -0.308. The Balaban J connectivity index is 0.00000420. The zero-order valence-corrected chi connectivity index (χ0v) is 21.4. The molecule has 1 heterocycles. The first-order chi connectivity index (χ1) is 18.1. The summed E-state index contributed by atoms with van der Waals surface area (Å²) in [4.78, 5) is 15.5. The highest BCUT2D eigenvalue weighted by Gasteiger charge is 2.26. The molecule has 0 bridgehead atoms. The molecule has 0 spiro atoms. The van der Waals surface area contributed by atoms with Crippen LogP contribution in [0.2, 0.25) is 0 Å². The zero-order valence-electron chi connectivity index (χ0n) is 20.6. The number of nitrogens with zero attached hydrogens (tertiary/aromatic N) is 2. The molecule has 0 aliphatic carbocycles. The van der Waals surface area contributed by atoms with Crippen molar-refractivity contribution in [2.24, 2.45) is 7.05 Å². The molecular weight excluding hydrogens is 551 g/mol. The maximum Gasteiger partial charge on any atom is 0.303 e. The van der Waals surface area contributed by atoms with Crippen LogP contribution < -0.4 is 14.2 Å². The Morgan fingerprint density at radius 1 is 0.897 bits per heavy atom. The molecule has 13 heteroatoms. The third-order valence-electron chi connectivity index (χ3n) is 5.87. The Bertz CT molecular complexity index is 1500. The number of benzene rings is 3. The van der Waals surface area contributed by atoms with Gasteiger partial charge in [-0.2, -0.15) is 0 Å². The van der Waals surface area contributed by atoms with E-state index < -0.39 is 47.2 Å². The van der Waals surface area contributed by atoms with Gasteiger partial charge in [-0.1, -0.05) is 6.07 Å². The van der Waals surface area contributed by atoms with Crippen molar-refractivity contribution in [3.05, 3.63) is 82.4 Å². The van der Waals surface area contributed by atoms with Crippen LogP contribution in [0.1, 0.15) is 23.4 Å². The molecule has 39 heavy (non-hydrogen) atoms. The third kappa shape index (κ3) is 6.17. The summed E-state index contributed by atoms with van der Waals surface area (Å²) in [6.45, 7) is -0.985. The molecule has 1 aromatic heterocycles. The highest BCUT2D eigenvalue weighted by atomic mass is 35.5. The van der Waals surface area contributed by atoms with Gasteiger partial charge in [-0.25, -0.2) is 26.9 Å². The van der Waals surface area contributed by atoms with Crippen LogP contribution >= 0.6 is 12.4 Å². The minimum atomic E-state index is -2.28. The first-order valence-electron chi connectivity index (χ1n) is 11.2. The van der Waals surface area contributed by atoms with Gasteiger partial charge >= 0.3 is 5.97 Å². The third-order valence-corrected chi connectivity index (χ3v) is 5.87. The highest BCUT2D eigenvalue weighted by molar-refractivity contribution is 5.85. The molecule has 1 N–H and O–H groups in total. The number of aliphatic carboxylic acids is 1.